The molecular weight excluding hydrogens is 570 g/mol. The maximum absolute atomic E-state index is 13.4. The molecule has 8 nitrogen and oxygen atoms in total. The van der Waals surface area contributed by atoms with E-state index in [1.165, 1.54) is 23.8 Å². The Morgan fingerprint density at radius 1 is 1.10 bits per heavy atom. The van der Waals surface area contributed by atoms with E-state index in [4.69, 9.17) is 31.0 Å². The molecule has 4 rings (SSSR count). The van der Waals surface area contributed by atoms with Crippen LogP contribution in [0.4, 0.5) is 28.0 Å². The van der Waals surface area contributed by atoms with E-state index in [9.17, 15) is 22.4 Å². The molecule has 0 aromatic heterocycles. The monoisotopic (exact) mass is 603 g/mol. The number of rotatable bonds is 6. The molecule has 3 atom stereocenters. The summed E-state index contributed by atoms with van der Waals surface area (Å²) in [4.78, 5) is 24.1. The van der Waals surface area contributed by atoms with Crippen LogP contribution in [-0.2, 0) is 10.2 Å². The predicted octanol–water partition coefficient (Wildman–Crippen LogP) is 6.22. The Morgan fingerprint density at radius 2 is 1.76 bits per heavy atom. The van der Waals surface area contributed by atoms with E-state index in [-0.39, 0.29) is 22.5 Å². The van der Waals surface area contributed by atoms with Gasteiger partial charge in [0.25, 0.3) is 0 Å². The lowest BCUT2D eigenvalue weighted by molar-refractivity contribution is -0.192. The lowest BCUT2D eigenvalue weighted by atomic mass is 9.65. The van der Waals surface area contributed by atoms with Crippen molar-refractivity contribution in [2.75, 3.05) is 26.1 Å². The van der Waals surface area contributed by atoms with Crippen LogP contribution in [0.5, 0.6) is 11.5 Å². The highest BCUT2D eigenvalue weighted by Crippen LogP contribution is 2.50. The van der Waals surface area contributed by atoms with E-state index in [0.717, 1.165) is 43.7 Å². The molecule has 41 heavy (non-hydrogen) atoms. The Hall–Kier alpha value is -3.25. The van der Waals surface area contributed by atoms with Gasteiger partial charge in [-0.05, 0) is 82.0 Å². The molecule has 3 unspecified atom stereocenters. The second-order valence-electron chi connectivity index (χ2n) is 10.3. The van der Waals surface area contributed by atoms with Gasteiger partial charge in [0.1, 0.15) is 5.82 Å². The number of methoxy groups -OCH3 is 2. The summed E-state index contributed by atoms with van der Waals surface area (Å²) in [5.41, 5.74) is 1.73. The molecule has 1 aliphatic carbocycles. The van der Waals surface area contributed by atoms with Crippen LogP contribution < -0.4 is 20.1 Å². The Kier molecular flexibility index (Phi) is 10.4. The van der Waals surface area contributed by atoms with Crippen molar-refractivity contribution < 1.29 is 41.7 Å². The highest BCUT2D eigenvalue weighted by Gasteiger charge is 2.52. The molecule has 3 N–H and O–H groups in total. The number of carboxylic acid groups (broad SMARTS) is 1. The lowest BCUT2D eigenvalue weighted by Crippen LogP contribution is -2.54. The molecule has 2 aromatic carbocycles. The molecule has 1 heterocycles. The van der Waals surface area contributed by atoms with Crippen molar-refractivity contribution in [3.05, 3.63) is 52.8 Å². The third kappa shape index (κ3) is 7.53. The van der Waals surface area contributed by atoms with E-state index >= 15 is 0 Å². The number of fused-ring (bicyclic) bond motifs is 1. The van der Waals surface area contributed by atoms with Crippen LogP contribution in [0.3, 0.4) is 0 Å². The number of ether oxygens (including phenoxy) is 2. The Morgan fingerprint density at radius 3 is 2.32 bits per heavy atom. The van der Waals surface area contributed by atoms with Crippen LogP contribution in [0.25, 0.3) is 0 Å². The summed E-state index contributed by atoms with van der Waals surface area (Å²) < 4.78 is 56.2. The van der Waals surface area contributed by atoms with Gasteiger partial charge in [-0.2, -0.15) is 13.2 Å². The fourth-order valence-corrected chi connectivity index (χ4v) is 5.92. The van der Waals surface area contributed by atoms with Crippen molar-refractivity contribution in [1.29, 1.82) is 0 Å². The maximum Gasteiger partial charge on any atom is 0.490 e. The van der Waals surface area contributed by atoms with Crippen LogP contribution in [0.1, 0.15) is 45.1 Å². The van der Waals surface area contributed by atoms with Crippen molar-refractivity contribution in [1.82, 2.24) is 10.2 Å². The van der Waals surface area contributed by atoms with Crippen LogP contribution >= 0.6 is 11.6 Å². The Labute approximate surface area is 240 Å². The first kappa shape index (κ1) is 32.3. The van der Waals surface area contributed by atoms with Crippen LogP contribution in [0.2, 0.25) is 5.02 Å². The number of urea groups is 1. The highest BCUT2D eigenvalue weighted by atomic mass is 35.5. The van der Waals surface area contributed by atoms with Crippen LogP contribution in [0, 0.1) is 5.82 Å². The van der Waals surface area contributed by atoms with Gasteiger partial charge in [0, 0.05) is 29.2 Å². The van der Waals surface area contributed by atoms with E-state index in [1.807, 2.05) is 6.07 Å². The minimum atomic E-state index is -5.08. The Bertz CT molecular complexity index is 1250. The summed E-state index contributed by atoms with van der Waals surface area (Å²) >= 11 is 5.84. The van der Waals surface area contributed by atoms with Gasteiger partial charge in [0.05, 0.1) is 19.2 Å². The van der Waals surface area contributed by atoms with Crippen molar-refractivity contribution in [3.63, 3.8) is 0 Å². The fourth-order valence-electron chi connectivity index (χ4n) is 5.74. The van der Waals surface area contributed by atoms with Crippen molar-refractivity contribution in [3.8, 4) is 11.5 Å². The van der Waals surface area contributed by atoms with Gasteiger partial charge < -0.3 is 25.2 Å². The molecule has 1 saturated carbocycles. The summed E-state index contributed by atoms with van der Waals surface area (Å²) in [6.07, 6.45) is -1.33. The summed E-state index contributed by atoms with van der Waals surface area (Å²) in [5, 5.41) is 13.0. The molecule has 1 aliphatic heterocycles. The number of benzene rings is 2. The number of carboxylic acids is 1. The largest absolute Gasteiger partial charge is 0.493 e. The predicted molar refractivity (Wildman–Crippen MR) is 146 cm³/mol. The number of hydrogen-bond donors (Lipinski definition) is 3. The smallest absolute Gasteiger partial charge is 0.490 e. The van der Waals surface area contributed by atoms with Gasteiger partial charge in [-0.15, -0.1) is 0 Å². The average molecular weight is 604 g/mol. The number of nitrogens with zero attached hydrogens (tertiary/aromatic N) is 1. The molecule has 2 amide bonds. The lowest BCUT2D eigenvalue weighted by Gasteiger charge is -2.46. The zero-order valence-corrected chi connectivity index (χ0v) is 23.9. The zero-order valence-electron chi connectivity index (χ0n) is 23.1. The molecule has 2 aliphatic rings. The number of halogens is 5. The number of nitrogens with one attached hydrogen (secondary N) is 2. The summed E-state index contributed by atoms with van der Waals surface area (Å²) in [6, 6.07) is 10.9. The number of carbonyl (C=O) groups is 2. The first-order valence-electron chi connectivity index (χ1n) is 13.0. The van der Waals surface area contributed by atoms with Gasteiger partial charge in [-0.3, -0.25) is 4.90 Å². The van der Waals surface area contributed by atoms with Gasteiger partial charge in [-0.25, -0.2) is 14.0 Å². The van der Waals surface area contributed by atoms with E-state index in [0.29, 0.717) is 17.8 Å². The molecule has 2 aromatic rings. The molecule has 2 fully saturated rings. The third-order valence-corrected chi connectivity index (χ3v) is 7.97. The molecule has 226 valence electrons. The summed E-state index contributed by atoms with van der Waals surface area (Å²) in [5.74, 6) is -1.80. The van der Waals surface area contributed by atoms with E-state index in [2.05, 4.69) is 41.5 Å². The molecule has 0 radical (unpaired) electrons. The van der Waals surface area contributed by atoms with Gasteiger partial charge >= 0.3 is 18.2 Å². The SMILES string of the molecule is COc1ccc(C23CCC(NC(=O)Nc4ccc(F)c(Cl)c4)CC2N(C(C)C)CC3)cc1OC.O=C(O)C(F)(F)F. The topological polar surface area (TPSA) is 100 Å². The van der Waals surface area contributed by atoms with E-state index < -0.39 is 18.0 Å². The van der Waals surface area contributed by atoms with E-state index in [1.54, 1.807) is 14.2 Å². The number of amides is 2. The maximum atomic E-state index is 13.4. The third-order valence-electron chi connectivity index (χ3n) is 7.68. The summed E-state index contributed by atoms with van der Waals surface area (Å²) in [7, 11) is 3.32. The van der Waals surface area contributed by atoms with Gasteiger partial charge in [0.15, 0.2) is 11.5 Å². The van der Waals surface area contributed by atoms with Crippen LogP contribution in [-0.4, -0.2) is 67.1 Å². The fraction of sp³-hybridized carbons (Fsp3) is 0.500. The number of carbonyl (C=O) groups excluding carboxylic acids is 1. The van der Waals surface area contributed by atoms with Gasteiger partial charge in [-0.1, -0.05) is 17.7 Å². The summed E-state index contributed by atoms with van der Waals surface area (Å²) in [6.45, 7) is 5.48. The molecular formula is C28H34ClF4N3O5. The van der Waals surface area contributed by atoms with Crippen molar-refractivity contribution in [2.45, 2.75) is 69.2 Å². The normalized spacial score (nSPS) is 22.3. The highest BCUT2D eigenvalue weighted by molar-refractivity contribution is 6.31. The number of likely N-dealkylation sites (tertiary alicyclic amines) is 1. The molecule has 1 saturated heterocycles. The van der Waals surface area contributed by atoms with Crippen LogP contribution in [0.15, 0.2) is 36.4 Å². The Balaban J connectivity index is 0.000000587. The number of hydrogen-bond acceptors (Lipinski definition) is 5. The number of aliphatic carboxylic acids is 1. The van der Waals surface area contributed by atoms with Gasteiger partial charge in [0.2, 0.25) is 0 Å². The zero-order chi connectivity index (χ0) is 30.5. The standard InChI is InChI=1S/C26H33ClFN3O3.C2HF3O2/c1-16(2)31-12-11-26(17-5-8-22(33-3)23(13-17)34-4)10-9-19(15-24(26)31)30-25(32)29-18-6-7-21(28)20(27)14-18;3-2(4,5)1(6)7/h5-8,13-14,16,19,24H,9-12,15H2,1-4H3,(H2,29,30,32);(H,6,7). The number of anilines is 1. The first-order chi connectivity index (χ1) is 19.2. The average Bonchev–Trinajstić information content (AvgIpc) is 3.30. The van der Waals surface area contributed by atoms with Crippen molar-refractivity contribution >= 4 is 29.3 Å². The number of alkyl halides is 3. The van der Waals surface area contributed by atoms with Crippen molar-refractivity contribution in [2.24, 2.45) is 0 Å². The molecule has 13 heteroatoms. The minimum Gasteiger partial charge on any atom is -0.493 e. The first-order valence-corrected chi connectivity index (χ1v) is 13.4. The quantitative estimate of drug-likeness (QED) is 0.339. The second-order valence-corrected chi connectivity index (χ2v) is 10.7. The molecule has 0 spiro atoms. The molecule has 0 bridgehead atoms. The second kappa shape index (κ2) is 13.2. The minimum absolute atomic E-state index is 0.00294.